The van der Waals surface area contributed by atoms with Gasteiger partial charge in [-0.25, -0.2) is 4.79 Å². The van der Waals surface area contributed by atoms with E-state index >= 15 is 0 Å². The monoisotopic (exact) mass is 389 g/mol. The van der Waals surface area contributed by atoms with Crippen molar-refractivity contribution in [2.75, 3.05) is 0 Å². The average Bonchev–Trinajstić information content (AvgIpc) is 2.62. The van der Waals surface area contributed by atoms with E-state index in [0.717, 1.165) is 25.5 Å². The third kappa shape index (κ3) is 11.8. The van der Waals surface area contributed by atoms with Crippen LogP contribution in [-0.4, -0.2) is 24.0 Å². The summed E-state index contributed by atoms with van der Waals surface area (Å²) in [6, 6.07) is 8.54. The smallest absolute Gasteiger partial charge is 0.407 e. The van der Waals surface area contributed by atoms with Crippen LogP contribution in [0.15, 0.2) is 24.3 Å². The summed E-state index contributed by atoms with van der Waals surface area (Å²) in [4.78, 5) is 22.9. The Morgan fingerprint density at radius 1 is 1.00 bits per heavy atom. The van der Waals surface area contributed by atoms with Crippen LogP contribution in [0.4, 0.5) is 4.79 Å². The molecule has 1 aromatic rings. The fraction of sp³-hybridized carbons (Fsp3) is 0.667. The first-order valence-electron chi connectivity index (χ1n) is 10.8. The first-order valence-corrected chi connectivity index (χ1v) is 10.8. The van der Waals surface area contributed by atoms with Gasteiger partial charge >= 0.3 is 6.09 Å². The Hall–Kier alpha value is -1.84. The lowest BCUT2D eigenvalue weighted by molar-refractivity contribution is -0.108. The lowest BCUT2D eigenvalue weighted by Gasteiger charge is -2.23. The average molecular weight is 390 g/mol. The van der Waals surface area contributed by atoms with E-state index in [1.807, 2.05) is 20.8 Å². The molecule has 1 N–H and O–H groups in total. The summed E-state index contributed by atoms with van der Waals surface area (Å²) in [5.74, 6) is 0. The second-order valence-electron chi connectivity index (χ2n) is 8.62. The number of amides is 1. The SMILES string of the molecule is CCCCCCCCc1ccc(CCC(CC=O)NC(=O)OC(C)(C)C)cc1. The van der Waals surface area contributed by atoms with Gasteiger partial charge in [-0.05, 0) is 57.6 Å². The number of hydrogen-bond donors (Lipinski definition) is 1. The van der Waals surface area contributed by atoms with Crippen molar-refractivity contribution < 1.29 is 14.3 Å². The number of unbranched alkanes of at least 4 members (excludes halogenated alkanes) is 5. The fourth-order valence-corrected chi connectivity index (χ4v) is 3.16. The minimum atomic E-state index is -0.540. The maximum Gasteiger partial charge on any atom is 0.407 e. The van der Waals surface area contributed by atoms with Crippen molar-refractivity contribution in [2.45, 2.75) is 104 Å². The van der Waals surface area contributed by atoms with Gasteiger partial charge in [0, 0.05) is 12.5 Å². The minimum Gasteiger partial charge on any atom is -0.444 e. The Kier molecular flexibility index (Phi) is 11.5. The summed E-state index contributed by atoms with van der Waals surface area (Å²) in [6.07, 6.45) is 11.3. The molecule has 0 saturated carbocycles. The molecule has 0 aliphatic rings. The second-order valence-corrected chi connectivity index (χ2v) is 8.62. The lowest BCUT2D eigenvalue weighted by atomic mass is 10.00. The summed E-state index contributed by atoms with van der Waals surface area (Å²) < 4.78 is 5.28. The first-order chi connectivity index (χ1) is 13.3. The van der Waals surface area contributed by atoms with Gasteiger partial charge in [0.2, 0.25) is 0 Å². The first kappa shape index (κ1) is 24.2. The molecular weight excluding hydrogens is 350 g/mol. The number of benzene rings is 1. The van der Waals surface area contributed by atoms with Gasteiger partial charge in [-0.15, -0.1) is 0 Å². The molecule has 158 valence electrons. The van der Waals surface area contributed by atoms with Crippen molar-refractivity contribution >= 4 is 12.4 Å². The topological polar surface area (TPSA) is 55.4 Å². The molecule has 0 saturated heterocycles. The molecule has 4 heteroatoms. The predicted octanol–water partition coefficient (Wildman–Crippen LogP) is 6.00. The van der Waals surface area contributed by atoms with Crippen LogP contribution in [0, 0.1) is 0 Å². The third-order valence-corrected chi connectivity index (χ3v) is 4.73. The van der Waals surface area contributed by atoms with Gasteiger partial charge in [0.1, 0.15) is 11.9 Å². The van der Waals surface area contributed by atoms with Crippen molar-refractivity contribution in [3.63, 3.8) is 0 Å². The maximum atomic E-state index is 11.9. The number of hydrogen-bond acceptors (Lipinski definition) is 3. The van der Waals surface area contributed by atoms with Crippen LogP contribution in [0.3, 0.4) is 0 Å². The van der Waals surface area contributed by atoms with Crippen LogP contribution in [0.25, 0.3) is 0 Å². The molecule has 0 radical (unpaired) electrons. The summed E-state index contributed by atoms with van der Waals surface area (Å²) in [6.45, 7) is 7.73. The Morgan fingerprint density at radius 3 is 2.14 bits per heavy atom. The van der Waals surface area contributed by atoms with Crippen molar-refractivity contribution in [2.24, 2.45) is 0 Å². The molecule has 0 bridgehead atoms. The molecule has 1 unspecified atom stereocenters. The summed E-state index contributed by atoms with van der Waals surface area (Å²) >= 11 is 0. The van der Waals surface area contributed by atoms with E-state index in [1.54, 1.807) is 0 Å². The fourth-order valence-electron chi connectivity index (χ4n) is 3.16. The number of ether oxygens (including phenoxy) is 1. The van der Waals surface area contributed by atoms with Crippen molar-refractivity contribution in [3.05, 3.63) is 35.4 Å². The van der Waals surface area contributed by atoms with Gasteiger partial charge in [0.15, 0.2) is 0 Å². The maximum absolute atomic E-state index is 11.9. The quantitative estimate of drug-likeness (QED) is 0.332. The zero-order valence-electron chi connectivity index (χ0n) is 18.3. The van der Waals surface area contributed by atoms with Crippen LogP contribution < -0.4 is 5.32 Å². The van der Waals surface area contributed by atoms with E-state index in [1.165, 1.54) is 49.7 Å². The molecule has 4 nitrogen and oxygen atoms in total. The number of aryl methyl sites for hydroxylation is 2. The van der Waals surface area contributed by atoms with Crippen molar-refractivity contribution in [1.29, 1.82) is 0 Å². The highest BCUT2D eigenvalue weighted by atomic mass is 16.6. The van der Waals surface area contributed by atoms with E-state index in [2.05, 4.69) is 36.5 Å². The normalized spacial score (nSPS) is 12.4. The molecule has 1 amide bonds. The van der Waals surface area contributed by atoms with Crippen LogP contribution >= 0.6 is 0 Å². The Bertz CT molecular complexity index is 560. The predicted molar refractivity (Wildman–Crippen MR) is 116 cm³/mol. The van der Waals surface area contributed by atoms with Gasteiger partial charge in [-0.2, -0.15) is 0 Å². The Morgan fingerprint density at radius 2 is 1.57 bits per heavy atom. The minimum absolute atomic E-state index is 0.199. The standard InChI is InChI=1S/C24H39NO3/c1-5-6-7-8-9-10-11-20-12-14-21(15-13-20)16-17-22(18-19-26)25-23(27)28-24(2,3)4/h12-15,19,22H,5-11,16-18H2,1-4H3,(H,25,27). The molecule has 1 aromatic carbocycles. The van der Waals surface area contributed by atoms with Crippen molar-refractivity contribution in [1.82, 2.24) is 5.32 Å². The van der Waals surface area contributed by atoms with Crippen LogP contribution in [-0.2, 0) is 22.4 Å². The molecule has 0 heterocycles. The molecule has 0 aromatic heterocycles. The van der Waals surface area contributed by atoms with E-state index in [4.69, 9.17) is 4.74 Å². The van der Waals surface area contributed by atoms with Crippen LogP contribution in [0.1, 0.15) is 90.2 Å². The second kappa shape index (κ2) is 13.4. The highest BCUT2D eigenvalue weighted by Gasteiger charge is 2.19. The van der Waals surface area contributed by atoms with Crippen LogP contribution in [0.5, 0.6) is 0 Å². The number of carbonyl (C=O) groups excluding carboxylic acids is 2. The largest absolute Gasteiger partial charge is 0.444 e. The zero-order chi connectivity index (χ0) is 20.8. The van der Waals surface area contributed by atoms with Gasteiger partial charge in [-0.1, -0.05) is 63.3 Å². The number of rotatable bonds is 13. The Balaban J connectivity index is 2.38. The summed E-state index contributed by atoms with van der Waals surface area (Å²) in [7, 11) is 0. The number of alkyl carbamates (subject to hydrolysis) is 1. The number of aldehydes is 1. The number of carbonyl (C=O) groups is 2. The van der Waals surface area contributed by atoms with Crippen molar-refractivity contribution in [3.8, 4) is 0 Å². The number of nitrogens with one attached hydrogen (secondary N) is 1. The molecule has 0 fully saturated rings. The zero-order valence-corrected chi connectivity index (χ0v) is 18.3. The molecule has 1 atom stereocenters. The molecule has 0 spiro atoms. The molecular formula is C24H39NO3. The third-order valence-electron chi connectivity index (χ3n) is 4.73. The van der Waals surface area contributed by atoms with Gasteiger partial charge in [0.25, 0.3) is 0 Å². The van der Waals surface area contributed by atoms with E-state index in [-0.39, 0.29) is 6.04 Å². The lowest BCUT2D eigenvalue weighted by Crippen LogP contribution is -2.39. The van der Waals surface area contributed by atoms with E-state index in [9.17, 15) is 9.59 Å². The Labute approximate surface area is 171 Å². The molecule has 1 rings (SSSR count). The molecule has 28 heavy (non-hydrogen) atoms. The van der Waals surface area contributed by atoms with E-state index < -0.39 is 11.7 Å². The summed E-state index contributed by atoms with van der Waals surface area (Å²) in [5, 5.41) is 2.81. The highest BCUT2D eigenvalue weighted by molar-refractivity contribution is 5.68. The summed E-state index contributed by atoms with van der Waals surface area (Å²) in [5.41, 5.74) is 2.07. The van der Waals surface area contributed by atoms with Gasteiger partial charge in [-0.3, -0.25) is 0 Å². The van der Waals surface area contributed by atoms with E-state index in [0.29, 0.717) is 6.42 Å². The molecule has 0 aliphatic heterocycles. The van der Waals surface area contributed by atoms with Crippen LogP contribution in [0.2, 0.25) is 0 Å². The van der Waals surface area contributed by atoms with Gasteiger partial charge in [0.05, 0.1) is 0 Å². The van der Waals surface area contributed by atoms with Gasteiger partial charge < -0.3 is 14.8 Å². The highest BCUT2D eigenvalue weighted by Crippen LogP contribution is 2.14. The molecule has 0 aliphatic carbocycles.